The summed E-state index contributed by atoms with van der Waals surface area (Å²) in [6, 6.07) is 6.46. The van der Waals surface area contributed by atoms with E-state index in [9.17, 15) is 22.8 Å². The number of carbonyl (C=O) groups excluding carboxylic acids is 2. The Morgan fingerprint density at radius 3 is 2.52 bits per heavy atom. The Bertz CT molecular complexity index is 786. The van der Waals surface area contributed by atoms with Crippen LogP contribution in [0.5, 0.6) is 5.75 Å². The summed E-state index contributed by atoms with van der Waals surface area (Å²) in [4.78, 5) is 24.5. The fourth-order valence-electron chi connectivity index (χ4n) is 2.01. The van der Waals surface area contributed by atoms with Gasteiger partial charge in [0.15, 0.2) is 0 Å². The first-order chi connectivity index (χ1) is 11.8. The van der Waals surface area contributed by atoms with E-state index < -0.39 is 39.0 Å². The van der Waals surface area contributed by atoms with Crippen LogP contribution in [-0.4, -0.2) is 40.0 Å². The van der Waals surface area contributed by atoms with E-state index in [1.807, 2.05) is 0 Å². The van der Waals surface area contributed by atoms with E-state index in [-0.39, 0.29) is 20.4 Å². The van der Waals surface area contributed by atoms with Crippen molar-refractivity contribution in [1.29, 1.82) is 0 Å². The molecule has 4 nitrogen and oxygen atoms in total. The van der Waals surface area contributed by atoms with Gasteiger partial charge in [0.2, 0.25) is 0 Å². The Labute approximate surface area is 152 Å². The second-order valence-corrected chi connectivity index (χ2v) is 8.46. The van der Waals surface area contributed by atoms with Gasteiger partial charge >= 0.3 is 152 Å². The van der Waals surface area contributed by atoms with Gasteiger partial charge in [0.1, 0.15) is 0 Å². The molecule has 0 saturated heterocycles. The Morgan fingerprint density at radius 1 is 1.24 bits per heavy atom. The van der Waals surface area contributed by atoms with E-state index in [0.29, 0.717) is 5.75 Å². The maximum atomic E-state index is 13.1. The van der Waals surface area contributed by atoms with Gasteiger partial charge in [-0.25, -0.2) is 0 Å². The second-order valence-electron chi connectivity index (χ2n) is 4.66. The molecular weight excluding hydrogens is 420 g/mol. The number of carbonyl (C=O) groups is 2. The molecule has 1 aromatic heterocycles. The van der Waals surface area contributed by atoms with Crippen molar-refractivity contribution in [3.63, 3.8) is 0 Å². The first-order valence-corrected chi connectivity index (χ1v) is 9.80. The Kier molecular flexibility index (Phi) is 6.30. The number of alkyl halides is 3. The zero-order valence-electron chi connectivity index (χ0n) is 13.2. The van der Waals surface area contributed by atoms with Crippen LogP contribution in [0.2, 0.25) is 0 Å². The molecule has 0 amide bonds. The van der Waals surface area contributed by atoms with Crippen molar-refractivity contribution in [1.82, 2.24) is 0 Å². The van der Waals surface area contributed by atoms with Gasteiger partial charge in [0.05, 0.1) is 0 Å². The van der Waals surface area contributed by atoms with Crippen molar-refractivity contribution in [2.45, 2.75) is 13.1 Å². The zero-order valence-corrected chi connectivity index (χ0v) is 15.9. The third-order valence-corrected chi connectivity index (χ3v) is 6.84. The van der Waals surface area contributed by atoms with E-state index in [4.69, 9.17) is 9.47 Å². The normalized spacial score (nSPS) is 11.7. The van der Waals surface area contributed by atoms with Crippen molar-refractivity contribution in [2.24, 2.45) is 0 Å². The van der Waals surface area contributed by atoms with E-state index in [2.05, 4.69) is 0 Å². The number of esters is 1. The SMILES string of the molecule is CCOC(=O)c1c(C(F)(F)F)csc1[As]C(=O)c1ccccc1OC. The summed E-state index contributed by atoms with van der Waals surface area (Å²) in [6.07, 6.45) is -4.69. The monoisotopic (exact) mass is 433 g/mol. The van der Waals surface area contributed by atoms with E-state index in [1.54, 1.807) is 24.3 Å². The molecule has 9 heteroatoms. The number of rotatable bonds is 6. The van der Waals surface area contributed by atoms with Crippen molar-refractivity contribution < 1.29 is 32.2 Å². The van der Waals surface area contributed by atoms with Gasteiger partial charge < -0.3 is 0 Å². The Morgan fingerprint density at radius 2 is 1.92 bits per heavy atom. The van der Waals surface area contributed by atoms with Crippen LogP contribution in [0, 0.1) is 0 Å². The number of hydrogen-bond donors (Lipinski definition) is 0. The van der Waals surface area contributed by atoms with Crippen molar-refractivity contribution in [3.05, 3.63) is 46.3 Å². The zero-order chi connectivity index (χ0) is 18.6. The van der Waals surface area contributed by atoms with Gasteiger partial charge in [-0.1, -0.05) is 0 Å². The summed E-state index contributed by atoms with van der Waals surface area (Å²) in [5, 5.41) is 0.854. The molecule has 0 bridgehead atoms. The molecule has 2 rings (SSSR count). The van der Waals surface area contributed by atoms with Crippen molar-refractivity contribution in [3.8, 4) is 5.75 Å². The minimum atomic E-state index is -4.69. The average Bonchev–Trinajstić information content (AvgIpc) is 2.99. The topological polar surface area (TPSA) is 52.6 Å². The molecule has 1 aromatic carbocycles. The molecule has 25 heavy (non-hydrogen) atoms. The molecule has 133 valence electrons. The van der Waals surface area contributed by atoms with Gasteiger partial charge in [-0.05, 0) is 0 Å². The molecule has 0 saturated carbocycles. The van der Waals surface area contributed by atoms with Crippen molar-refractivity contribution >= 4 is 41.3 Å². The molecule has 1 heterocycles. The molecule has 0 unspecified atom stereocenters. The van der Waals surface area contributed by atoms with E-state index in [1.165, 1.54) is 14.0 Å². The maximum absolute atomic E-state index is 13.1. The summed E-state index contributed by atoms with van der Waals surface area (Å²) in [5.74, 6) is -0.720. The molecule has 2 aromatic rings. The fraction of sp³-hybridized carbons (Fsp3) is 0.250. The number of methoxy groups -OCH3 is 1. The van der Waals surface area contributed by atoms with E-state index >= 15 is 0 Å². The molecule has 1 radical (unpaired) electrons. The number of thiophene rings is 1. The van der Waals surface area contributed by atoms with Gasteiger partial charge in [0.25, 0.3) is 0 Å². The standard InChI is InChI=1S/C16H13AsF3O4S/c1-3-24-15(22)12-10(16(18,19)20)8-25-14(12)17-13(21)9-6-4-5-7-11(9)23-2/h4-8H,3H2,1-2H3. The number of benzene rings is 1. The van der Waals surface area contributed by atoms with Crippen LogP contribution >= 0.6 is 11.3 Å². The third-order valence-electron chi connectivity index (χ3n) is 3.10. The molecule has 0 aliphatic carbocycles. The molecule has 0 aliphatic rings. The minimum absolute atomic E-state index is 0.0532. The summed E-state index contributed by atoms with van der Waals surface area (Å²) >= 11 is -0.606. The number of para-hydroxylation sites is 1. The molecule has 0 atom stereocenters. The van der Waals surface area contributed by atoms with Crippen LogP contribution in [0.15, 0.2) is 29.6 Å². The third kappa shape index (κ3) is 4.44. The summed E-state index contributed by atoms with van der Waals surface area (Å²) < 4.78 is 49.0. The first-order valence-electron chi connectivity index (χ1n) is 7.04. The molecule has 0 aliphatic heterocycles. The molecular formula is C16H13AsF3O4S. The van der Waals surface area contributed by atoms with Crippen molar-refractivity contribution in [2.75, 3.05) is 13.7 Å². The quantitative estimate of drug-likeness (QED) is 0.519. The van der Waals surface area contributed by atoms with Gasteiger partial charge in [-0.2, -0.15) is 0 Å². The fourth-order valence-corrected chi connectivity index (χ4v) is 5.66. The predicted octanol–water partition coefficient (Wildman–Crippen LogP) is 3.12. The molecule has 0 spiro atoms. The first kappa shape index (κ1) is 19.5. The summed E-state index contributed by atoms with van der Waals surface area (Å²) in [6.45, 7) is 1.45. The van der Waals surface area contributed by atoms with Crippen LogP contribution < -0.4 is 8.40 Å². The number of ether oxygens (including phenoxy) is 2. The van der Waals surface area contributed by atoms with Gasteiger partial charge in [-0.15, -0.1) is 0 Å². The number of hydrogen-bond acceptors (Lipinski definition) is 5. The average molecular weight is 433 g/mol. The van der Waals surface area contributed by atoms with E-state index in [0.717, 1.165) is 16.7 Å². The molecule has 0 N–H and O–H groups in total. The second kappa shape index (κ2) is 8.06. The molecule has 0 fully saturated rings. The van der Waals surface area contributed by atoms with Crippen LogP contribution in [0.4, 0.5) is 13.2 Å². The van der Waals surface area contributed by atoms with Crippen LogP contribution in [0.3, 0.4) is 0 Å². The van der Waals surface area contributed by atoms with Gasteiger partial charge in [0, 0.05) is 0 Å². The van der Waals surface area contributed by atoms with Crippen LogP contribution in [-0.2, 0) is 10.9 Å². The predicted molar refractivity (Wildman–Crippen MR) is 88.0 cm³/mol. The summed E-state index contributed by atoms with van der Waals surface area (Å²) in [5.41, 5.74) is -1.33. The Hall–Kier alpha value is -1.79. The van der Waals surface area contributed by atoms with Crippen LogP contribution in [0.1, 0.15) is 33.2 Å². The van der Waals surface area contributed by atoms with Gasteiger partial charge in [-0.3, -0.25) is 0 Å². The number of halogens is 3. The van der Waals surface area contributed by atoms with Crippen LogP contribution in [0.25, 0.3) is 0 Å². The Balaban J connectivity index is 2.41. The summed E-state index contributed by atoms with van der Waals surface area (Å²) in [7, 11) is 1.40.